The first kappa shape index (κ1) is 9.52. The quantitative estimate of drug-likeness (QED) is 0.565. The van der Waals surface area contributed by atoms with Crippen molar-refractivity contribution in [3.8, 4) is 0 Å². The molecular formula is C8H17Cu. The fourth-order valence-electron chi connectivity index (χ4n) is 0.846. The van der Waals surface area contributed by atoms with Crippen LogP contribution in [0, 0.1) is 5.92 Å². The molecule has 0 radical (unpaired) electrons. The van der Waals surface area contributed by atoms with Crippen LogP contribution in [-0.2, 0) is 16.0 Å². The maximum absolute atomic E-state index is 5.12. The van der Waals surface area contributed by atoms with Crippen LogP contribution in [0.15, 0.2) is 0 Å². The molecule has 60 valence electrons. The fourth-order valence-corrected chi connectivity index (χ4v) is 1.31. The molecule has 0 aromatic heterocycles. The Labute approximate surface area is 67.2 Å². The van der Waals surface area contributed by atoms with Crippen LogP contribution in [0.3, 0.4) is 0 Å². The summed E-state index contributed by atoms with van der Waals surface area (Å²) in [6, 6.07) is 0. The van der Waals surface area contributed by atoms with Gasteiger partial charge < -0.3 is 0 Å². The summed E-state index contributed by atoms with van der Waals surface area (Å²) in [4.78, 5) is 0. The minimum absolute atomic E-state index is 0.810. The number of rotatable bonds is 5. The molecule has 1 heteroatoms. The third kappa shape index (κ3) is 4.99. The van der Waals surface area contributed by atoms with E-state index in [1.165, 1.54) is 25.7 Å². The van der Waals surface area contributed by atoms with E-state index >= 15 is 0 Å². The molecule has 0 bridgehead atoms. The van der Waals surface area contributed by atoms with Gasteiger partial charge in [-0.25, -0.2) is 0 Å². The average Bonchev–Trinajstić information content (AvgIpc) is 1.91. The van der Waals surface area contributed by atoms with E-state index in [-0.39, 0.29) is 0 Å². The van der Waals surface area contributed by atoms with Crippen LogP contribution in [0.4, 0.5) is 0 Å². The van der Waals surface area contributed by atoms with Crippen molar-refractivity contribution in [1.29, 1.82) is 0 Å². The van der Waals surface area contributed by atoms with Gasteiger partial charge in [0.05, 0.1) is 0 Å². The van der Waals surface area contributed by atoms with Gasteiger partial charge in [0.2, 0.25) is 0 Å². The molecular weight excluding hydrogens is 160 g/mol. The van der Waals surface area contributed by atoms with Crippen LogP contribution >= 0.6 is 0 Å². The molecule has 1 atom stereocenters. The molecule has 0 spiro atoms. The molecule has 0 aromatic carbocycles. The predicted octanol–water partition coefficient (Wildman–Crippen LogP) is 3.17. The predicted molar refractivity (Wildman–Crippen MR) is 38.1 cm³/mol. The van der Waals surface area contributed by atoms with Gasteiger partial charge in [-0.1, -0.05) is 0 Å². The van der Waals surface area contributed by atoms with E-state index in [2.05, 4.69) is 13.8 Å². The Morgan fingerprint density at radius 1 is 1.33 bits per heavy atom. The van der Waals surface area contributed by atoms with Gasteiger partial charge in [0, 0.05) is 0 Å². The molecule has 0 amide bonds. The summed E-state index contributed by atoms with van der Waals surface area (Å²) < 4.78 is 0. The molecule has 0 N–H and O–H groups in total. The van der Waals surface area contributed by atoms with Crippen LogP contribution in [0.1, 0.15) is 39.5 Å². The number of unbranched alkanes of at least 4 members (excludes halogenated alkanes) is 1. The topological polar surface area (TPSA) is 0 Å². The molecule has 9 heavy (non-hydrogen) atoms. The average molecular weight is 177 g/mol. The summed E-state index contributed by atoms with van der Waals surface area (Å²) >= 11 is 5.12. The third-order valence-electron chi connectivity index (χ3n) is 1.72. The molecule has 0 rings (SSSR count). The molecule has 1 unspecified atom stereocenters. The Morgan fingerprint density at radius 2 is 2.00 bits per heavy atom. The second-order valence-corrected chi connectivity index (χ2v) is 2.92. The van der Waals surface area contributed by atoms with E-state index in [9.17, 15) is 0 Å². The molecule has 0 fully saturated rings. The second kappa shape index (κ2) is 6.64. The first-order valence-corrected chi connectivity index (χ1v) is 4.52. The Hall–Kier alpha value is 0.519. The van der Waals surface area contributed by atoms with Crippen molar-refractivity contribution in [3.05, 3.63) is 0 Å². The zero-order valence-electron chi connectivity index (χ0n) is 6.41. The van der Waals surface area contributed by atoms with Gasteiger partial charge in [0.15, 0.2) is 0 Å². The van der Waals surface area contributed by atoms with Crippen LogP contribution in [0.2, 0.25) is 5.32 Å². The Morgan fingerprint density at radius 3 is 2.33 bits per heavy atom. The van der Waals surface area contributed by atoms with E-state index in [4.69, 9.17) is 16.0 Å². The first-order chi connectivity index (χ1) is 4.35. The minimum atomic E-state index is 0.810. The Bertz CT molecular complexity index is 48.5. The molecule has 0 aliphatic rings. The van der Waals surface area contributed by atoms with Gasteiger partial charge >= 0.3 is 66.8 Å². The van der Waals surface area contributed by atoms with Crippen LogP contribution in [0.25, 0.3) is 0 Å². The van der Waals surface area contributed by atoms with Crippen LogP contribution in [0.5, 0.6) is 0 Å². The summed E-state index contributed by atoms with van der Waals surface area (Å²) in [5.74, 6) is 0.810. The number of hydrogen-bond donors (Lipinski definition) is 0. The monoisotopic (exact) mass is 176 g/mol. The zero-order chi connectivity index (χ0) is 7.11. The van der Waals surface area contributed by atoms with Gasteiger partial charge in [0.25, 0.3) is 0 Å². The fraction of sp³-hybridized carbons (Fsp3) is 1.00. The summed E-state index contributed by atoms with van der Waals surface area (Å²) in [7, 11) is 0. The van der Waals surface area contributed by atoms with Crippen LogP contribution < -0.4 is 0 Å². The van der Waals surface area contributed by atoms with E-state index < -0.39 is 0 Å². The molecule has 0 nitrogen and oxygen atoms in total. The van der Waals surface area contributed by atoms with Gasteiger partial charge in [-0.05, 0) is 0 Å². The molecule has 0 heterocycles. The first-order valence-electron chi connectivity index (χ1n) is 3.85. The summed E-state index contributed by atoms with van der Waals surface area (Å²) in [5, 5.41) is 0.934. The van der Waals surface area contributed by atoms with Gasteiger partial charge in [0.1, 0.15) is 0 Å². The SMILES string of the molecule is CCCCC(CC)[CH2][Cu]. The Balaban J connectivity index is 3.09. The maximum atomic E-state index is 5.12. The molecule has 0 aromatic rings. The van der Waals surface area contributed by atoms with E-state index in [1.54, 1.807) is 0 Å². The van der Waals surface area contributed by atoms with Crippen LogP contribution in [-0.4, -0.2) is 0 Å². The third-order valence-corrected chi connectivity index (χ3v) is 2.26. The normalized spacial score (nSPS) is 13.8. The van der Waals surface area contributed by atoms with Gasteiger partial charge in [-0.15, -0.1) is 0 Å². The van der Waals surface area contributed by atoms with E-state index in [0.717, 1.165) is 11.2 Å². The van der Waals surface area contributed by atoms with Crippen molar-refractivity contribution in [2.75, 3.05) is 0 Å². The van der Waals surface area contributed by atoms with Crippen molar-refractivity contribution in [3.63, 3.8) is 0 Å². The zero-order valence-corrected chi connectivity index (χ0v) is 7.36. The van der Waals surface area contributed by atoms with Crippen molar-refractivity contribution in [2.45, 2.75) is 44.9 Å². The summed E-state index contributed by atoms with van der Waals surface area (Å²) in [6.45, 7) is 4.46. The van der Waals surface area contributed by atoms with Crippen molar-refractivity contribution >= 4 is 0 Å². The molecule has 0 aliphatic carbocycles. The number of hydrogen-bond acceptors (Lipinski definition) is 0. The van der Waals surface area contributed by atoms with E-state index in [0.29, 0.717) is 0 Å². The van der Waals surface area contributed by atoms with E-state index in [1.807, 2.05) is 0 Å². The molecule has 0 saturated carbocycles. The van der Waals surface area contributed by atoms with Crippen molar-refractivity contribution in [2.24, 2.45) is 5.92 Å². The summed E-state index contributed by atoms with van der Waals surface area (Å²) in [5.41, 5.74) is 0. The second-order valence-electron chi connectivity index (χ2n) is 2.54. The standard InChI is InChI=1S/C8H17.Cu/c1-4-6-7-8(3)5-2;/h8H,3-7H2,1-2H3;. The van der Waals surface area contributed by atoms with Crippen molar-refractivity contribution < 1.29 is 16.0 Å². The molecule has 0 saturated heterocycles. The molecule has 0 aliphatic heterocycles. The van der Waals surface area contributed by atoms with Gasteiger partial charge in [-0.2, -0.15) is 0 Å². The van der Waals surface area contributed by atoms with Gasteiger partial charge in [-0.3, -0.25) is 0 Å². The van der Waals surface area contributed by atoms with Crippen molar-refractivity contribution in [1.82, 2.24) is 0 Å². The summed E-state index contributed by atoms with van der Waals surface area (Å²) in [6.07, 6.45) is 5.26. The Kier molecular flexibility index (Phi) is 7.02.